The number of hydrogen-bond acceptors (Lipinski definition) is 3. The van der Waals surface area contributed by atoms with Crippen molar-refractivity contribution < 1.29 is 13.2 Å². The Morgan fingerprint density at radius 3 is 2.33 bits per heavy atom. The van der Waals surface area contributed by atoms with Crippen LogP contribution in [0.15, 0.2) is 42.5 Å². The molecule has 0 saturated heterocycles. The lowest BCUT2D eigenvalue weighted by molar-refractivity contribution is 0.0785. The lowest BCUT2D eigenvalue weighted by Gasteiger charge is -2.18. The monoisotopic (exact) mass is 366 g/mol. The first kappa shape index (κ1) is 18.3. The Labute approximate surface area is 147 Å². The molecule has 0 aromatic heterocycles. The Hall–Kier alpha value is -2.05. The van der Waals surface area contributed by atoms with Crippen LogP contribution in [0.5, 0.6) is 0 Å². The number of halogens is 1. The summed E-state index contributed by atoms with van der Waals surface area (Å²) in [5, 5.41) is 0.176. The second kappa shape index (κ2) is 7.23. The summed E-state index contributed by atoms with van der Waals surface area (Å²) >= 11 is 6.06. The molecule has 0 heterocycles. The van der Waals surface area contributed by atoms with Crippen LogP contribution in [0.1, 0.15) is 21.5 Å². The maximum absolute atomic E-state index is 12.5. The Morgan fingerprint density at radius 2 is 1.79 bits per heavy atom. The molecular formula is C17H19ClN2O3S. The first-order chi connectivity index (χ1) is 11.2. The molecule has 0 spiro atoms. The van der Waals surface area contributed by atoms with E-state index in [1.165, 1.54) is 12.1 Å². The molecule has 2 rings (SSSR count). The maximum atomic E-state index is 12.5. The van der Waals surface area contributed by atoms with Gasteiger partial charge in [-0.2, -0.15) is 0 Å². The van der Waals surface area contributed by atoms with Gasteiger partial charge in [0.05, 0.1) is 17.0 Å². The van der Waals surface area contributed by atoms with E-state index in [-0.39, 0.29) is 16.6 Å². The predicted molar refractivity (Wildman–Crippen MR) is 96.9 cm³/mol. The van der Waals surface area contributed by atoms with Crippen LogP contribution < -0.4 is 4.72 Å². The first-order valence-corrected chi connectivity index (χ1v) is 9.51. The molecule has 128 valence electrons. The van der Waals surface area contributed by atoms with Gasteiger partial charge < -0.3 is 4.90 Å². The van der Waals surface area contributed by atoms with Crippen LogP contribution in [0.2, 0.25) is 5.02 Å². The zero-order chi connectivity index (χ0) is 17.9. The zero-order valence-corrected chi connectivity index (χ0v) is 15.3. The molecule has 7 heteroatoms. The summed E-state index contributed by atoms with van der Waals surface area (Å²) in [6.45, 7) is 2.48. The molecule has 0 aliphatic carbocycles. The summed E-state index contributed by atoms with van der Waals surface area (Å²) in [5.41, 5.74) is 2.83. The lowest BCUT2D eigenvalue weighted by Crippen LogP contribution is -2.26. The van der Waals surface area contributed by atoms with E-state index in [1.807, 2.05) is 31.2 Å². The van der Waals surface area contributed by atoms with Crippen molar-refractivity contribution in [2.45, 2.75) is 13.5 Å². The van der Waals surface area contributed by atoms with Crippen LogP contribution in [0.25, 0.3) is 0 Å². The molecular weight excluding hydrogens is 348 g/mol. The number of rotatable bonds is 5. The van der Waals surface area contributed by atoms with Gasteiger partial charge in [0.1, 0.15) is 0 Å². The third-order valence-corrected chi connectivity index (χ3v) is 4.30. The maximum Gasteiger partial charge on any atom is 0.253 e. The van der Waals surface area contributed by atoms with Crippen LogP contribution in [-0.2, 0) is 16.6 Å². The number of amides is 1. The number of carbonyl (C=O) groups excluding carboxylic acids is 1. The van der Waals surface area contributed by atoms with Gasteiger partial charge in [-0.3, -0.25) is 9.52 Å². The largest absolute Gasteiger partial charge is 0.337 e. The van der Waals surface area contributed by atoms with E-state index in [4.69, 9.17) is 11.6 Å². The fourth-order valence-corrected chi connectivity index (χ4v) is 3.05. The summed E-state index contributed by atoms with van der Waals surface area (Å²) in [6, 6.07) is 12.4. The molecule has 24 heavy (non-hydrogen) atoms. The van der Waals surface area contributed by atoms with E-state index >= 15 is 0 Å². The van der Waals surface area contributed by atoms with Gasteiger partial charge in [-0.05, 0) is 30.7 Å². The fourth-order valence-electron chi connectivity index (χ4n) is 2.19. The van der Waals surface area contributed by atoms with Crippen LogP contribution >= 0.6 is 11.6 Å². The highest BCUT2D eigenvalue weighted by atomic mass is 35.5. The highest BCUT2D eigenvalue weighted by molar-refractivity contribution is 7.92. The van der Waals surface area contributed by atoms with Gasteiger partial charge in [-0.25, -0.2) is 8.42 Å². The molecule has 0 aliphatic heterocycles. The number of aryl methyl sites for hydroxylation is 1. The Morgan fingerprint density at radius 1 is 1.17 bits per heavy atom. The number of benzene rings is 2. The second-order valence-electron chi connectivity index (χ2n) is 5.72. The fraction of sp³-hybridized carbons (Fsp3) is 0.235. The minimum absolute atomic E-state index is 0.176. The molecule has 5 nitrogen and oxygen atoms in total. The number of carbonyl (C=O) groups is 1. The van der Waals surface area contributed by atoms with Gasteiger partial charge >= 0.3 is 0 Å². The van der Waals surface area contributed by atoms with E-state index in [0.717, 1.165) is 17.4 Å². The molecule has 2 aromatic carbocycles. The van der Waals surface area contributed by atoms with E-state index in [0.29, 0.717) is 12.1 Å². The third-order valence-electron chi connectivity index (χ3n) is 3.40. The standard InChI is InChI=1S/C17H19ClN2O3S/c1-12-4-6-13(7-5-12)11-20(2)17(21)14-8-9-16(15(18)10-14)19-24(3,22)23/h4-10,19H,11H2,1-3H3. The van der Waals surface area contributed by atoms with E-state index in [9.17, 15) is 13.2 Å². The van der Waals surface area contributed by atoms with Gasteiger partial charge in [0, 0.05) is 19.2 Å². The summed E-state index contributed by atoms with van der Waals surface area (Å²) < 4.78 is 24.8. The topological polar surface area (TPSA) is 66.5 Å². The summed E-state index contributed by atoms with van der Waals surface area (Å²) in [7, 11) is -1.72. The van der Waals surface area contributed by atoms with Gasteiger partial charge in [-0.1, -0.05) is 41.4 Å². The first-order valence-electron chi connectivity index (χ1n) is 7.24. The van der Waals surface area contributed by atoms with E-state index < -0.39 is 10.0 Å². The average molecular weight is 367 g/mol. The van der Waals surface area contributed by atoms with Crippen LogP contribution in [0.4, 0.5) is 5.69 Å². The van der Waals surface area contributed by atoms with Crippen LogP contribution in [0, 0.1) is 6.92 Å². The van der Waals surface area contributed by atoms with Crippen molar-refractivity contribution in [2.24, 2.45) is 0 Å². The van der Waals surface area contributed by atoms with Crippen molar-refractivity contribution in [2.75, 3.05) is 18.0 Å². The zero-order valence-electron chi connectivity index (χ0n) is 13.7. The molecule has 2 aromatic rings. The lowest BCUT2D eigenvalue weighted by atomic mass is 10.1. The number of anilines is 1. The average Bonchev–Trinajstić information content (AvgIpc) is 2.49. The summed E-state index contributed by atoms with van der Waals surface area (Å²) in [6.07, 6.45) is 1.04. The number of hydrogen-bond donors (Lipinski definition) is 1. The smallest absolute Gasteiger partial charge is 0.253 e. The molecule has 0 radical (unpaired) electrons. The molecule has 0 bridgehead atoms. The highest BCUT2D eigenvalue weighted by Gasteiger charge is 2.15. The Bertz CT molecular complexity index is 849. The van der Waals surface area contributed by atoms with Crippen molar-refractivity contribution in [3.05, 3.63) is 64.2 Å². The number of nitrogens with zero attached hydrogens (tertiary/aromatic N) is 1. The normalized spacial score (nSPS) is 11.2. The molecule has 1 amide bonds. The van der Waals surface area contributed by atoms with Crippen molar-refractivity contribution in [1.29, 1.82) is 0 Å². The van der Waals surface area contributed by atoms with Crippen LogP contribution in [-0.4, -0.2) is 32.5 Å². The van der Waals surface area contributed by atoms with Crippen molar-refractivity contribution >= 4 is 33.2 Å². The number of nitrogens with one attached hydrogen (secondary N) is 1. The molecule has 0 aliphatic rings. The Balaban J connectivity index is 2.14. The molecule has 0 unspecified atom stereocenters. The highest BCUT2D eigenvalue weighted by Crippen LogP contribution is 2.24. The number of sulfonamides is 1. The van der Waals surface area contributed by atoms with Crippen molar-refractivity contribution in [1.82, 2.24) is 4.90 Å². The second-order valence-corrected chi connectivity index (χ2v) is 7.87. The minimum Gasteiger partial charge on any atom is -0.337 e. The van der Waals surface area contributed by atoms with Gasteiger partial charge in [0.15, 0.2) is 0 Å². The quantitative estimate of drug-likeness (QED) is 0.882. The molecule has 0 saturated carbocycles. The van der Waals surface area contributed by atoms with Gasteiger partial charge in [-0.15, -0.1) is 0 Å². The summed E-state index contributed by atoms with van der Waals surface area (Å²) in [5.74, 6) is -0.191. The molecule has 0 fully saturated rings. The van der Waals surface area contributed by atoms with E-state index in [1.54, 1.807) is 18.0 Å². The van der Waals surface area contributed by atoms with Crippen molar-refractivity contribution in [3.8, 4) is 0 Å². The predicted octanol–water partition coefficient (Wildman–Crippen LogP) is 3.29. The minimum atomic E-state index is -3.42. The summed E-state index contributed by atoms with van der Waals surface area (Å²) in [4.78, 5) is 14.1. The van der Waals surface area contributed by atoms with E-state index in [2.05, 4.69) is 4.72 Å². The molecule has 1 N–H and O–H groups in total. The van der Waals surface area contributed by atoms with Gasteiger partial charge in [0.25, 0.3) is 5.91 Å². The van der Waals surface area contributed by atoms with Crippen molar-refractivity contribution in [3.63, 3.8) is 0 Å². The van der Waals surface area contributed by atoms with Gasteiger partial charge in [0.2, 0.25) is 10.0 Å². The molecule has 0 atom stereocenters. The third kappa shape index (κ3) is 4.97. The SMILES string of the molecule is Cc1ccc(CN(C)C(=O)c2ccc(NS(C)(=O)=O)c(Cl)c2)cc1. The van der Waals surface area contributed by atoms with Crippen LogP contribution in [0.3, 0.4) is 0 Å². The Kier molecular flexibility index (Phi) is 5.51.